The Kier molecular flexibility index (Phi) is 8.33. The molecule has 0 saturated heterocycles. The largest absolute Gasteiger partial charge is 0.326 e. The Hall–Kier alpha value is -2.32. The first-order valence-corrected chi connectivity index (χ1v) is 12.6. The number of amidine groups is 1. The second kappa shape index (κ2) is 11.2. The molecule has 8 heteroatoms. The fourth-order valence-electron chi connectivity index (χ4n) is 3.08. The number of anilines is 1. The highest BCUT2D eigenvalue weighted by atomic mass is 32.2. The van der Waals surface area contributed by atoms with Crippen molar-refractivity contribution in [3.63, 3.8) is 0 Å². The van der Waals surface area contributed by atoms with Crippen molar-refractivity contribution in [2.24, 2.45) is 4.99 Å². The van der Waals surface area contributed by atoms with Crippen molar-refractivity contribution >= 4 is 39.2 Å². The number of sulfonamides is 1. The van der Waals surface area contributed by atoms with Gasteiger partial charge in [0.15, 0.2) is 0 Å². The maximum atomic E-state index is 12.7. The molecule has 0 unspecified atom stereocenters. The minimum atomic E-state index is -3.72. The minimum Gasteiger partial charge on any atom is -0.326 e. The van der Waals surface area contributed by atoms with Crippen molar-refractivity contribution in [1.82, 2.24) is 4.72 Å². The normalized spacial score (nSPS) is 14.5. The van der Waals surface area contributed by atoms with Crippen molar-refractivity contribution in [3.05, 3.63) is 54.6 Å². The number of hydrogen-bond acceptors (Lipinski definition) is 5. The van der Waals surface area contributed by atoms with E-state index in [1.54, 1.807) is 23.9 Å². The van der Waals surface area contributed by atoms with Crippen LogP contribution in [0.2, 0.25) is 0 Å². The van der Waals surface area contributed by atoms with E-state index >= 15 is 0 Å². The van der Waals surface area contributed by atoms with Crippen LogP contribution in [0, 0.1) is 0 Å². The van der Waals surface area contributed by atoms with Gasteiger partial charge in [-0.05, 0) is 55.3 Å². The van der Waals surface area contributed by atoms with E-state index in [0.29, 0.717) is 30.9 Å². The van der Waals surface area contributed by atoms with E-state index in [1.807, 2.05) is 30.3 Å². The van der Waals surface area contributed by atoms with Gasteiger partial charge in [-0.3, -0.25) is 14.5 Å². The number of benzene rings is 2. The molecule has 0 bridgehead atoms. The number of carbonyl (C=O) groups is 1. The Morgan fingerprint density at radius 3 is 2.70 bits per heavy atom. The molecular formula is C22H27N3O3S2. The molecule has 3 rings (SSSR count). The zero-order valence-electron chi connectivity index (χ0n) is 16.8. The second-order valence-corrected chi connectivity index (χ2v) is 9.94. The van der Waals surface area contributed by atoms with Crippen LogP contribution in [0.25, 0.3) is 0 Å². The third-order valence-electron chi connectivity index (χ3n) is 4.61. The predicted octanol–water partition coefficient (Wildman–Crippen LogP) is 4.45. The summed E-state index contributed by atoms with van der Waals surface area (Å²) >= 11 is 1.71. The van der Waals surface area contributed by atoms with Gasteiger partial charge in [-0.15, -0.1) is 11.8 Å². The molecule has 0 atom stereocenters. The van der Waals surface area contributed by atoms with Crippen LogP contribution < -0.4 is 10.0 Å². The number of hydrogen-bond donors (Lipinski definition) is 2. The van der Waals surface area contributed by atoms with E-state index in [9.17, 15) is 13.2 Å². The van der Waals surface area contributed by atoms with Crippen molar-refractivity contribution in [1.29, 1.82) is 0 Å². The Bertz CT molecular complexity index is 976. The molecule has 0 saturated carbocycles. The van der Waals surface area contributed by atoms with Crippen LogP contribution in [-0.4, -0.2) is 32.5 Å². The van der Waals surface area contributed by atoms with Crippen LogP contribution >= 0.6 is 11.8 Å². The van der Waals surface area contributed by atoms with E-state index < -0.39 is 10.0 Å². The van der Waals surface area contributed by atoms with Gasteiger partial charge in [-0.1, -0.05) is 30.7 Å². The molecule has 1 aliphatic rings. The topological polar surface area (TPSA) is 87.6 Å². The molecule has 0 aliphatic carbocycles. The van der Waals surface area contributed by atoms with Crippen molar-refractivity contribution < 1.29 is 13.2 Å². The molecule has 1 heterocycles. The lowest BCUT2D eigenvalue weighted by Crippen LogP contribution is -2.30. The highest BCUT2D eigenvalue weighted by Crippen LogP contribution is 2.20. The van der Waals surface area contributed by atoms with Gasteiger partial charge in [0, 0.05) is 30.0 Å². The SMILES string of the molecule is O=C(CCCSc1ccccc1)Nc1cccc(S(=O)(=O)NC2=NCCCCC2)c1. The van der Waals surface area contributed by atoms with Gasteiger partial charge in [0.1, 0.15) is 5.84 Å². The van der Waals surface area contributed by atoms with Gasteiger partial charge in [0.2, 0.25) is 5.91 Å². The number of aliphatic imine (C=N–C) groups is 1. The van der Waals surface area contributed by atoms with Crippen LogP contribution in [0.4, 0.5) is 5.69 Å². The molecule has 0 fully saturated rings. The van der Waals surface area contributed by atoms with Crippen LogP contribution in [0.15, 0.2) is 69.4 Å². The standard InChI is InChI=1S/C22H27N3O3S2/c26-22(14-8-16-29-19-10-3-1-4-11-19)24-18-9-7-12-20(17-18)30(27,28)25-21-13-5-2-6-15-23-21/h1,3-4,7,9-12,17H,2,5-6,8,13-16H2,(H,23,25)(H,24,26). The highest BCUT2D eigenvalue weighted by molar-refractivity contribution is 7.99. The van der Waals surface area contributed by atoms with E-state index in [1.165, 1.54) is 17.0 Å². The average molecular weight is 446 g/mol. The summed E-state index contributed by atoms with van der Waals surface area (Å²) in [6, 6.07) is 16.4. The molecule has 0 aromatic heterocycles. The highest BCUT2D eigenvalue weighted by Gasteiger charge is 2.18. The molecule has 0 radical (unpaired) electrons. The Labute approximate surface area is 182 Å². The summed E-state index contributed by atoms with van der Waals surface area (Å²) < 4.78 is 28.0. The van der Waals surface area contributed by atoms with Gasteiger partial charge in [-0.2, -0.15) is 0 Å². The Morgan fingerprint density at radius 1 is 1.03 bits per heavy atom. The van der Waals surface area contributed by atoms with E-state index in [4.69, 9.17) is 0 Å². The van der Waals surface area contributed by atoms with E-state index in [0.717, 1.165) is 31.4 Å². The van der Waals surface area contributed by atoms with Gasteiger partial charge < -0.3 is 5.32 Å². The first kappa shape index (κ1) is 22.4. The third-order valence-corrected chi connectivity index (χ3v) is 7.09. The summed E-state index contributed by atoms with van der Waals surface area (Å²) in [5.74, 6) is 1.23. The number of nitrogens with one attached hydrogen (secondary N) is 2. The van der Waals surface area contributed by atoms with Crippen LogP contribution in [0.5, 0.6) is 0 Å². The first-order chi connectivity index (χ1) is 14.5. The predicted molar refractivity (Wildman–Crippen MR) is 123 cm³/mol. The van der Waals surface area contributed by atoms with Gasteiger partial charge >= 0.3 is 0 Å². The Morgan fingerprint density at radius 2 is 1.87 bits per heavy atom. The molecule has 30 heavy (non-hydrogen) atoms. The smallest absolute Gasteiger partial charge is 0.262 e. The lowest BCUT2D eigenvalue weighted by molar-refractivity contribution is -0.116. The van der Waals surface area contributed by atoms with Crippen LogP contribution in [-0.2, 0) is 14.8 Å². The summed E-state index contributed by atoms with van der Waals surface area (Å²) in [5.41, 5.74) is 0.474. The number of thioether (sulfide) groups is 1. The van der Waals surface area contributed by atoms with Gasteiger partial charge in [0.05, 0.1) is 4.90 Å². The molecule has 6 nitrogen and oxygen atoms in total. The third kappa shape index (κ3) is 7.18. The lowest BCUT2D eigenvalue weighted by atomic mass is 10.2. The molecule has 1 amide bonds. The Balaban J connectivity index is 1.51. The van der Waals surface area contributed by atoms with Crippen molar-refractivity contribution in [2.75, 3.05) is 17.6 Å². The molecule has 0 spiro atoms. The summed E-state index contributed by atoms with van der Waals surface area (Å²) in [4.78, 5) is 17.9. The molecule has 2 aromatic carbocycles. The first-order valence-electron chi connectivity index (χ1n) is 10.2. The maximum absolute atomic E-state index is 12.7. The zero-order chi connectivity index (χ0) is 21.2. The lowest BCUT2D eigenvalue weighted by Gasteiger charge is -2.11. The van der Waals surface area contributed by atoms with Gasteiger partial charge in [-0.25, -0.2) is 8.42 Å². The quantitative estimate of drug-likeness (QED) is 0.464. The molecule has 1 aliphatic heterocycles. The fraction of sp³-hybridized carbons (Fsp3) is 0.364. The molecule has 2 aromatic rings. The summed E-state index contributed by atoms with van der Waals surface area (Å²) in [7, 11) is -3.72. The van der Waals surface area contributed by atoms with Gasteiger partial charge in [0.25, 0.3) is 10.0 Å². The summed E-state index contributed by atoms with van der Waals surface area (Å²) in [6.45, 7) is 0.649. The summed E-state index contributed by atoms with van der Waals surface area (Å²) in [5, 5.41) is 2.80. The zero-order valence-corrected chi connectivity index (χ0v) is 18.5. The number of carbonyl (C=O) groups excluding carboxylic acids is 1. The molecule has 160 valence electrons. The fourth-order valence-corrected chi connectivity index (χ4v) is 5.08. The maximum Gasteiger partial charge on any atom is 0.262 e. The number of nitrogens with zero attached hydrogens (tertiary/aromatic N) is 1. The van der Waals surface area contributed by atoms with Crippen molar-refractivity contribution in [3.8, 4) is 0 Å². The molecular weight excluding hydrogens is 418 g/mol. The number of rotatable bonds is 8. The summed E-state index contributed by atoms with van der Waals surface area (Å²) in [6.07, 6.45) is 4.73. The van der Waals surface area contributed by atoms with E-state index in [-0.39, 0.29) is 10.8 Å². The minimum absolute atomic E-state index is 0.117. The monoisotopic (exact) mass is 445 g/mol. The van der Waals surface area contributed by atoms with Crippen LogP contribution in [0.1, 0.15) is 38.5 Å². The second-order valence-electron chi connectivity index (χ2n) is 7.09. The molecule has 2 N–H and O–H groups in total. The number of amides is 1. The van der Waals surface area contributed by atoms with Crippen molar-refractivity contribution in [2.45, 2.75) is 48.3 Å². The van der Waals surface area contributed by atoms with Crippen LogP contribution in [0.3, 0.4) is 0 Å². The average Bonchev–Trinajstić information content (AvgIpc) is 3.00. The van der Waals surface area contributed by atoms with E-state index in [2.05, 4.69) is 15.0 Å².